The highest BCUT2D eigenvalue weighted by molar-refractivity contribution is 5.26. The molecule has 2 atom stereocenters. The van der Waals surface area contributed by atoms with Gasteiger partial charge in [0.05, 0.1) is 6.61 Å². The smallest absolute Gasteiger partial charge is 0.119 e. The fraction of sp³-hybridized carbons (Fsp3) is 0.625. The molecule has 0 fully saturated rings. The Morgan fingerprint density at radius 2 is 1.90 bits per heavy atom. The van der Waals surface area contributed by atoms with Crippen molar-refractivity contribution < 1.29 is 14.6 Å². The first-order valence-corrected chi connectivity index (χ1v) is 7.25. The molecule has 0 saturated carbocycles. The number of aliphatic hydroxyl groups is 1. The Morgan fingerprint density at radius 1 is 1.20 bits per heavy atom. The largest absolute Gasteiger partial charge is 0.491 e. The van der Waals surface area contributed by atoms with Gasteiger partial charge in [0.25, 0.3) is 0 Å². The Bertz CT molecular complexity index is 347. The van der Waals surface area contributed by atoms with Crippen molar-refractivity contribution >= 4 is 0 Å². The van der Waals surface area contributed by atoms with Crippen LogP contribution in [0.2, 0.25) is 0 Å². The van der Waals surface area contributed by atoms with Gasteiger partial charge < -0.3 is 19.9 Å². The monoisotopic (exact) mass is 281 g/mol. The van der Waals surface area contributed by atoms with Crippen LogP contribution in [0.4, 0.5) is 0 Å². The molecule has 0 heterocycles. The van der Waals surface area contributed by atoms with Crippen molar-refractivity contribution in [3.05, 3.63) is 29.8 Å². The number of benzene rings is 1. The zero-order chi connectivity index (χ0) is 14.8. The van der Waals surface area contributed by atoms with Crippen LogP contribution in [0.25, 0.3) is 0 Å². The molecule has 1 aromatic carbocycles. The van der Waals surface area contributed by atoms with Gasteiger partial charge in [0.1, 0.15) is 18.5 Å². The van der Waals surface area contributed by atoms with E-state index in [2.05, 4.69) is 12.2 Å². The van der Waals surface area contributed by atoms with Gasteiger partial charge in [0.15, 0.2) is 0 Å². The predicted octanol–water partition coefficient (Wildman–Crippen LogP) is 2.14. The van der Waals surface area contributed by atoms with Gasteiger partial charge in [-0.3, -0.25) is 0 Å². The van der Waals surface area contributed by atoms with Gasteiger partial charge in [0, 0.05) is 19.7 Å². The second-order valence-corrected chi connectivity index (χ2v) is 5.13. The van der Waals surface area contributed by atoms with Crippen molar-refractivity contribution in [2.75, 3.05) is 26.9 Å². The molecule has 0 aliphatic rings. The van der Waals surface area contributed by atoms with Crippen LogP contribution in [0.3, 0.4) is 0 Å². The lowest BCUT2D eigenvalue weighted by Crippen LogP contribution is -2.40. The van der Waals surface area contributed by atoms with E-state index >= 15 is 0 Å². The van der Waals surface area contributed by atoms with Gasteiger partial charge in [0.2, 0.25) is 0 Å². The number of hydrogen-bond donors (Lipinski definition) is 2. The Balaban J connectivity index is 2.25. The van der Waals surface area contributed by atoms with Crippen LogP contribution in [-0.2, 0) is 4.74 Å². The van der Waals surface area contributed by atoms with Crippen LogP contribution >= 0.6 is 0 Å². The molecule has 114 valence electrons. The Hall–Kier alpha value is -1.10. The third kappa shape index (κ3) is 6.89. The Labute approximate surface area is 122 Å². The van der Waals surface area contributed by atoms with E-state index in [9.17, 15) is 5.11 Å². The number of aliphatic hydroxyl groups excluding tert-OH is 1. The third-order valence-electron chi connectivity index (χ3n) is 3.11. The molecular weight excluding hydrogens is 254 g/mol. The minimum absolute atomic E-state index is 0.291. The maximum atomic E-state index is 9.92. The predicted molar refractivity (Wildman–Crippen MR) is 81.3 cm³/mol. The summed E-state index contributed by atoms with van der Waals surface area (Å²) in [5.41, 5.74) is 1.20. The van der Waals surface area contributed by atoms with E-state index in [1.54, 1.807) is 7.11 Å². The lowest BCUT2D eigenvalue weighted by molar-refractivity contribution is 0.0946. The van der Waals surface area contributed by atoms with Crippen LogP contribution in [0.5, 0.6) is 5.75 Å². The topological polar surface area (TPSA) is 50.7 Å². The van der Waals surface area contributed by atoms with E-state index in [0.29, 0.717) is 25.8 Å². The van der Waals surface area contributed by atoms with Gasteiger partial charge in [-0.2, -0.15) is 0 Å². The van der Waals surface area contributed by atoms with Crippen LogP contribution in [-0.4, -0.2) is 44.1 Å². The molecule has 1 aromatic rings. The summed E-state index contributed by atoms with van der Waals surface area (Å²) in [6.07, 6.45) is 1.61. The standard InChI is InChI=1S/C16H27NO3/c1-4-5-14(11-19-3)17-10-15(18)12-20-16-8-6-13(2)7-9-16/h6-9,14-15,17-18H,4-5,10-12H2,1-3H3. The van der Waals surface area contributed by atoms with Crippen molar-refractivity contribution in [2.24, 2.45) is 0 Å². The molecule has 0 aliphatic heterocycles. The molecule has 0 aliphatic carbocycles. The van der Waals surface area contributed by atoms with E-state index in [4.69, 9.17) is 9.47 Å². The maximum Gasteiger partial charge on any atom is 0.119 e. The summed E-state index contributed by atoms with van der Waals surface area (Å²) in [5, 5.41) is 13.2. The summed E-state index contributed by atoms with van der Waals surface area (Å²) in [5.74, 6) is 0.789. The van der Waals surface area contributed by atoms with Crippen LogP contribution < -0.4 is 10.1 Å². The highest BCUT2D eigenvalue weighted by atomic mass is 16.5. The maximum absolute atomic E-state index is 9.92. The fourth-order valence-corrected chi connectivity index (χ4v) is 1.98. The molecule has 0 spiro atoms. The summed E-state index contributed by atoms with van der Waals surface area (Å²) >= 11 is 0. The van der Waals surface area contributed by atoms with Crippen molar-refractivity contribution in [1.82, 2.24) is 5.32 Å². The number of ether oxygens (including phenoxy) is 2. The van der Waals surface area contributed by atoms with Gasteiger partial charge in [-0.05, 0) is 25.5 Å². The van der Waals surface area contributed by atoms with Gasteiger partial charge in [-0.25, -0.2) is 0 Å². The summed E-state index contributed by atoms with van der Waals surface area (Å²) in [4.78, 5) is 0. The Morgan fingerprint density at radius 3 is 2.50 bits per heavy atom. The number of aryl methyl sites for hydroxylation is 1. The molecule has 2 unspecified atom stereocenters. The number of methoxy groups -OCH3 is 1. The van der Waals surface area contributed by atoms with Gasteiger partial charge in [-0.1, -0.05) is 31.0 Å². The molecular formula is C16H27NO3. The number of rotatable bonds is 10. The first kappa shape index (κ1) is 17.0. The van der Waals surface area contributed by atoms with E-state index in [1.807, 2.05) is 31.2 Å². The van der Waals surface area contributed by atoms with E-state index in [0.717, 1.165) is 18.6 Å². The molecule has 0 radical (unpaired) electrons. The van der Waals surface area contributed by atoms with Crippen molar-refractivity contribution in [2.45, 2.75) is 38.8 Å². The summed E-state index contributed by atoms with van der Waals surface area (Å²) in [6.45, 7) is 5.65. The van der Waals surface area contributed by atoms with Crippen molar-refractivity contribution in [3.8, 4) is 5.75 Å². The highest BCUT2D eigenvalue weighted by Gasteiger charge is 2.10. The quantitative estimate of drug-likeness (QED) is 0.690. The minimum atomic E-state index is -0.521. The van der Waals surface area contributed by atoms with Crippen LogP contribution in [0, 0.1) is 6.92 Å². The second kappa shape index (κ2) is 9.75. The lowest BCUT2D eigenvalue weighted by Gasteiger charge is -2.20. The number of hydrogen-bond acceptors (Lipinski definition) is 4. The molecule has 0 saturated heterocycles. The lowest BCUT2D eigenvalue weighted by atomic mass is 10.2. The van der Waals surface area contributed by atoms with Crippen molar-refractivity contribution in [3.63, 3.8) is 0 Å². The summed E-state index contributed by atoms with van der Waals surface area (Å²) < 4.78 is 10.7. The van der Waals surface area contributed by atoms with Gasteiger partial charge in [-0.15, -0.1) is 0 Å². The van der Waals surface area contributed by atoms with Crippen LogP contribution in [0.15, 0.2) is 24.3 Å². The van der Waals surface area contributed by atoms with Crippen molar-refractivity contribution in [1.29, 1.82) is 0 Å². The fourth-order valence-electron chi connectivity index (χ4n) is 1.98. The normalized spacial score (nSPS) is 14.0. The molecule has 2 N–H and O–H groups in total. The number of nitrogens with one attached hydrogen (secondary N) is 1. The molecule has 0 bridgehead atoms. The SMILES string of the molecule is CCCC(COC)NCC(O)COc1ccc(C)cc1. The summed E-state index contributed by atoms with van der Waals surface area (Å²) in [6, 6.07) is 8.12. The van der Waals surface area contributed by atoms with E-state index < -0.39 is 6.10 Å². The minimum Gasteiger partial charge on any atom is -0.491 e. The summed E-state index contributed by atoms with van der Waals surface area (Å²) in [7, 11) is 1.70. The van der Waals surface area contributed by atoms with Crippen LogP contribution in [0.1, 0.15) is 25.3 Å². The third-order valence-corrected chi connectivity index (χ3v) is 3.11. The Kier molecular flexibility index (Phi) is 8.26. The van der Waals surface area contributed by atoms with Gasteiger partial charge >= 0.3 is 0 Å². The zero-order valence-electron chi connectivity index (χ0n) is 12.8. The molecule has 4 nitrogen and oxygen atoms in total. The molecule has 0 amide bonds. The first-order chi connectivity index (χ1) is 9.65. The average molecular weight is 281 g/mol. The highest BCUT2D eigenvalue weighted by Crippen LogP contribution is 2.11. The molecule has 1 rings (SSSR count). The molecule has 20 heavy (non-hydrogen) atoms. The second-order valence-electron chi connectivity index (χ2n) is 5.13. The molecule has 4 heteroatoms. The first-order valence-electron chi connectivity index (χ1n) is 7.25. The zero-order valence-corrected chi connectivity index (χ0v) is 12.8. The average Bonchev–Trinajstić information content (AvgIpc) is 2.44. The van der Waals surface area contributed by atoms with E-state index in [-0.39, 0.29) is 0 Å². The molecule has 0 aromatic heterocycles. The van der Waals surface area contributed by atoms with E-state index in [1.165, 1.54) is 5.56 Å².